The summed E-state index contributed by atoms with van der Waals surface area (Å²) in [5.74, 6) is -0.416. The van der Waals surface area contributed by atoms with Crippen LogP contribution in [0.2, 0.25) is 0 Å². The number of carbonyl (C=O) groups excluding carboxylic acids is 1. The SMILES string of the molecule is Cc1cc(C(=O)N2CCC(CC(=O)O)CC2)c(C)n1C1CCCCC1. The average Bonchev–Trinajstić information content (AvgIpc) is 2.89. The van der Waals surface area contributed by atoms with Crippen molar-refractivity contribution in [2.24, 2.45) is 5.92 Å². The first-order valence-electron chi connectivity index (χ1n) is 9.67. The molecule has 1 aliphatic carbocycles. The maximum atomic E-state index is 13.0. The number of amides is 1. The molecule has 1 aromatic heterocycles. The Morgan fingerprint density at radius 3 is 2.32 bits per heavy atom. The summed E-state index contributed by atoms with van der Waals surface area (Å²) in [6.45, 7) is 5.53. The van der Waals surface area contributed by atoms with Crippen molar-refractivity contribution in [1.82, 2.24) is 9.47 Å². The molecular formula is C20H30N2O3. The Balaban J connectivity index is 1.70. The van der Waals surface area contributed by atoms with Crippen molar-refractivity contribution in [3.05, 3.63) is 23.0 Å². The van der Waals surface area contributed by atoms with Crippen LogP contribution in [-0.4, -0.2) is 39.5 Å². The van der Waals surface area contributed by atoms with Crippen LogP contribution in [0.4, 0.5) is 0 Å². The van der Waals surface area contributed by atoms with Gasteiger partial charge in [0.25, 0.3) is 5.91 Å². The summed E-state index contributed by atoms with van der Waals surface area (Å²) < 4.78 is 2.38. The van der Waals surface area contributed by atoms with Crippen molar-refractivity contribution < 1.29 is 14.7 Å². The van der Waals surface area contributed by atoms with Gasteiger partial charge in [-0.2, -0.15) is 0 Å². The largest absolute Gasteiger partial charge is 0.481 e. The first kappa shape index (κ1) is 18.0. The molecule has 1 saturated carbocycles. The van der Waals surface area contributed by atoms with Crippen LogP contribution in [-0.2, 0) is 4.79 Å². The van der Waals surface area contributed by atoms with Crippen LogP contribution in [0.3, 0.4) is 0 Å². The summed E-state index contributed by atoms with van der Waals surface area (Å²) in [5.41, 5.74) is 3.12. The molecule has 5 nitrogen and oxygen atoms in total. The van der Waals surface area contributed by atoms with Gasteiger partial charge in [0.1, 0.15) is 0 Å². The summed E-state index contributed by atoms with van der Waals surface area (Å²) in [6, 6.07) is 2.59. The molecule has 1 aromatic rings. The lowest BCUT2D eigenvalue weighted by atomic mass is 9.93. The lowest BCUT2D eigenvalue weighted by molar-refractivity contribution is -0.138. The molecular weight excluding hydrogens is 316 g/mol. The van der Waals surface area contributed by atoms with Crippen LogP contribution in [0.5, 0.6) is 0 Å². The summed E-state index contributed by atoms with van der Waals surface area (Å²) in [5, 5.41) is 8.93. The lowest BCUT2D eigenvalue weighted by Crippen LogP contribution is -2.39. The van der Waals surface area contributed by atoms with E-state index in [2.05, 4.69) is 24.5 Å². The highest BCUT2D eigenvalue weighted by molar-refractivity contribution is 5.95. The molecule has 2 fully saturated rings. The van der Waals surface area contributed by atoms with Crippen LogP contribution in [0.15, 0.2) is 6.07 Å². The number of aryl methyl sites for hydroxylation is 1. The molecule has 1 N–H and O–H groups in total. The molecule has 2 heterocycles. The lowest BCUT2D eigenvalue weighted by Gasteiger charge is -2.31. The number of carboxylic acids is 1. The third kappa shape index (κ3) is 3.91. The minimum absolute atomic E-state index is 0.115. The minimum atomic E-state index is -0.735. The molecule has 0 aromatic carbocycles. The van der Waals surface area contributed by atoms with Crippen molar-refractivity contribution in [3.8, 4) is 0 Å². The maximum Gasteiger partial charge on any atom is 0.303 e. The van der Waals surface area contributed by atoms with Gasteiger partial charge in [-0.05, 0) is 51.5 Å². The number of piperidine rings is 1. The fourth-order valence-electron chi connectivity index (χ4n) is 4.65. The highest BCUT2D eigenvalue weighted by Crippen LogP contribution is 2.33. The molecule has 0 atom stereocenters. The van der Waals surface area contributed by atoms with Crippen molar-refractivity contribution in [3.63, 3.8) is 0 Å². The van der Waals surface area contributed by atoms with Crippen molar-refractivity contribution in [2.75, 3.05) is 13.1 Å². The van der Waals surface area contributed by atoms with Crippen molar-refractivity contribution in [2.45, 2.75) is 71.3 Å². The van der Waals surface area contributed by atoms with E-state index in [0.29, 0.717) is 19.1 Å². The van der Waals surface area contributed by atoms with E-state index in [9.17, 15) is 9.59 Å². The minimum Gasteiger partial charge on any atom is -0.481 e. The summed E-state index contributed by atoms with van der Waals surface area (Å²) >= 11 is 0. The zero-order chi connectivity index (χ0) is 18.0. The Kier molecular flexibility index (Phi) is 5.50. The summed E-state index contributed by atoms with van der Waals surface area (Å²) in [7, 11) is 0. The Morgan fingerprint density at radius 1 is 1.08 bits per heavy atom. The quantitative estimate of drug-likeness (QED) is 0.898. The van der Waals surface area contributed by atoms with Crippen LogP contribution in [0, 0.1) is 19.8 Å². The number of carboxylic acid groups (broad SMARTS) is 1. The zero-order valence-corrected chi connectivity index (χ0v) is 15.5. The molecule has 2 aliphatic rings. The van der Waals surface area contributed by atoms with E-state index in [1.165, 1.54) is 37.8 Å². The van der Waals surface area contributed by atoms with Crippen LogP contribution in [0.25, 0.3) is 0 Å². The molecule has 0 spiro atoms. The zero-order valence-electron chi connectivity index (χ0n) is 15.5. The number of aliphatic carboxylic acids is 1. The number of hydrogen-bond acceptors (Lipinski definition) is 2. The summed E-state index contributed by atoms with van der Waals surface area (Å²) in [6.07, 6.45) is 8.11. The van der Waals surface area contributed by atoms with Gasteiger partial charge >= 0.3 is 5.97 Å². The van der Waals surface area contributed by atoms with Crippen LogP contribution >= 0.6 is 0 Å². The normalized spacial score (nSPS) is 20.0. The Labute approximate surface area is 150 Å². The number of hydrogen-bond donors (Lipinski definition) is 1. The van der Waals surface area contributed by atoms with Crippen molar-refractivity contribution >= 4 is 11.9 Å². The number of aromatic nitrogens is 1. The van der Waals surface area contributed by atoms with Gasteiger partial charge in [-0.15, -0.1) is 0 Å². The number of likely N-dealkylation sites (tertiary alicyclic amines) is 1. The smallest absolute Gasteiger partial charge is 0.303 e. The second-order valence-electron chi connectivity index (χ2n) is 7.78. The van der Waals surface area contributed by atoms with E-state index >= 15 is 0 Å². The maximum absolute atomic E-state index is 13.0. The van der Waals surface area contributed by atoms with Gasteiger partial charge in [-0.25, -0.2) is 0 Å². The number of nitrogens with zero attached hydrogens (tertiary/aromatic N) is 2. The van der Waals surface area contributed by atoms with Crippen LogP contribution < -0.4 is 0 Å². The number of rotatable bonds is 4. The molecule has 3 rings (SSSR count). The highest BCUT2D eigenvalue weighted by Gasteiger charge is 2.28. The van der Waals surface area contributed by atoms with Gasteiger partial charge in [0.05, 0.1) is 5.56 Å². The molecule has 0 radical (unpaired) electrons. The average molecular weight is 346 g/mol. The molecule has 138 valence electrons. The van der Waals surface area contributed by atoms with Crippen molar-refractivity contribution in [1.29, 1.82) is 0 Å². The third-order valence-corrected chi connectivity index (χ3v) is 6.02. The monoisotopic (exact) mass is 346 g/mol. The third-order valence-electron chi connectivity index (χ3n) is 6.02. The Bertz CT molecular complexity index is 636. The molecule has 0 bridgehead atoms. The van der Waals surface area contributed by atoms with E-state index in [0.717, 1.165) is 24.1 Å². The van der Waals surface area contributed by atoms with Crippen LogP contribution in [0.1, 0.15) is 79.2 Å². The summed E-state index contributed by atoms with van der Waals surface area (Å²) in [4.78, 5) is 25.8. The fourth-order valence-corrected chi connectivity index (χ4v) is 4.65. The molecule has 25 heavy (non-hydrogen) atoms. The van der Waals surface area contributed by atoms with E-state index in [-0.39, 0.29) is 18.2 Å². The molecule has 0 unspecified atom stereocenters. The van der Waals surface area contributed by atoms with E-state index in [1.54, 1.807) is 0 Å². The second kappa shape index (κ2) is 7.63. The standard InChI is InChI=1S/C20H30N2O3/c1-14-12-18(15(2)22(14)17-6-4-3-5-7-17)20(25)21-10-8-16(9-11-21)13-19(23)24/h12,16-17H,3-11,13H2,1-2H3,(H,23,24). The predicted octanol–water partition coefficient (Wildman–Crippen LogP) is 3.94. The molecule has 1 saturated heterocycles. The second-order valence-corrected chi connectivity index (χ2v) is 7.78. The Hall–Kier alpha value is -1.78. The van der Waals surface area contributed by atoms with Gasteiger partial charge in [-0.3, -0.25) is 9.59 Å². The molecule has 5 heteroatoms. The van der Waals surface area contributed by atoms with E-state index in [1.807, 2.05) is 4.90 Å². The van der Waals surface area contributed by atoms with Gasteiger partial charge in [0, 0.05) is 36.9 Å². The predicted molar refractivity (Wildman–Crippen MR) is 96.9 cm³/mol. The van der Waals surface area contributed by atoms with Gasteiger partial charge < -0.3 is 14.6 Å². The van der Waals surface area contributed by atoms with Gasteiger partial charge in [-0.1, -0.05) is 19.3 Å². The first-order chi connectivity index (χ1) is 12.0. The highest BCUT2D eigenvalue weighted by atomic mass is 16.4. The van der Waals surface area contributed by atoms with E-state index in [4.69, 9.17) is 5.11 Å². The molecule has 1 amide bonds. The van der Waals surface area contributed by atoms with Gasteiger partial charge in [0.2, 0.25) is 0 Å². The Morgan fingerprint density at radius 2 is 1.72 bits per heavy atom. The van der Waals surface area contributed by atoms with E-state index < -0.39 is 5.97 Å². The molecule has 1 aliphatic heterocycles. The fraction of sp³-hybridized carbons (Fsp3) is 0.700. The van der Waals surface area contributed by atoms with Gasteiger partial charge in [0.15, 0.2) is 0 Å². The topological polar surface area (TPSA) is 62.5 Å². The first-order valence-corrected chi connectivity index (χ1v) is 9.67. The number of carbonyl (C=O) groups is 2.